The first-order chi connectivity index (χ1) is 8.33. The van der Waals surface area contributed by atoms with Gasteiger partial charge in [0, 0.05) is 19.2 Å². The van der Waals surface area contributed by atoms with E-state index in [1.807, 2.05) is 6.92 Å². The number of hydrogen-bond donors (Lipinski definition) is 1. The summed E-state index contributed by atoms with van der Waals surface area (Å²) >= 11 is 0. The lowest BCUT2D eigenvalue weighted by molar-refractivity contribution is -0.178. The smallest absolute Gasteiger partial charge is 0.396 e. The van der Waals surface area contributed by atoms with Crippen molar-refractivity contribution in [3.8, 4) is 0 Å². The van der Waals surface area contributed by atoms with Gasteiger partial charge < -0.3 is 14.7 Å². The molecule has 0 aromatic heterocycles. The number of piperidine rings is 1. The molecule has 0 bridgehead atoms. The first-order valence-corrected chi connectivity index (χ1v) is 5.88. The summed E-state index contributed by atoms with van der Waals surface area (Å²) in [5, 5.41) is 9.04. The number of aliphatic hydroxyl groups excluding tert-OH is 1. The Morgan fingerprint density at radius 1 is 1.44 bits per heavy atom. The summed E-state index contributed by atoms with van der Waals surface area (Å²) in [6, 6.07) is -0.0187. The van der Waals surface area contributed by atoms with E-state index < -0.39 is 25.3 Å². The van der Waals surface area contributed by atoms with Crippen LogP contribution >= 0.6 is 0 Å². The molecule has 1 aliphatic heterocycles. The summed E-state index contributed by atoms with van der Waals surface area (Å²) in [6.07, 6.45) is -2.84. The average molecular weight is 269 g/mol. The van der Waals surface area contributed by atoms with Gasteiger partial charge in [-0.15, -0.1) is 0 Å². The van der Waals surface area contributed by atoms with Gasteiger partial charge >= 0.3 is 6.18 Å². The van der Waals surface area contributed by atoms with Crippen LogP contribution in [0, 0.1) is 5.92 Å². The lowest BCUT2D eigenvalue weighted by Gasteiger charge is -2.37. The molecule has 7 heteroatoms. The van der Waals surface area contributed by atoms with Crippen LogP contribution in [0.25, 0.3) is 0 Å². The van der Waals surface area contributed by atoms with Crippen molar-refractivity contribution in [2.75, 3.05) is 26.4 Å². The topological polar surface area (TPSA) is 49.8 Å². The van der Waals surface area contributed by atoms with Crippen LogP contribution in [-0.2, 0) is 9.53 Å². The molecule has 1 heterocycles. The van der Waals surface area contributed by atoms with Gasteiger partial charge in [0.2, 0.25) is 5.91 Å². The van der Waals surface area contributed by atoms with Gasteiger partial charge in [-0.25, -0.2) is 0 Å². The van der Waals surface area contributed by atoms with E-state index in [1.54, 1.807) is 0 Å². The first kappa shape index (κ1) is 15.2. The van der Waals surface area contributed by atoms with Crippen molar-refractivity contribution in [3.63, 3.8) is 0 Å². The van der Waals surface area contributed by atoms with E-state index in [0.29, 0.717) is 6.54 Å². The summed E-state index contributed by atoms with van der Waals surface area (Å²) in [5.74, 6) is -0.447. The minimum absolute atomic E-state index is 0.00719. The van der Waals surface area contributed by atoms with Crippen LogP contribution in [0.2, 0.25) is 0 Å². The highest BCUT2D eigenvalue weighted by Crippen LogP contribution is 2.22. The van der Waals surface area contributed by atoms with Crippen molar-refractivity contribution in [2.45, 2.75) is 32.0 Å². The van der Waals surface area contributed by atoms with Crippen molar-refractivity contribution in [1.29, 1.82) is 0 Å². The van der Waals surface area contributed by atoms with E-state index in [9.17, 15) is 18.0 Å². The van der Waals surface area contributed by atoms with E-state index in [0.717, 1.165) is 12.8 Å². The third-order valence-electron chi connectivity index (χ3n) is 3.05. The molecule has 18 heavy (non-hydrogen) atoms. The normalized spacial score (nSPS) is 25.3. The predicted molar refractivity (Wildman–Crippen MR) is 57.9 cm³/mol. The average Bonchev–Trinajstić information content (AvgIpc) is 2.27. The highest BCUT2D eigenvalue weighted by Gasteiger charge is 2.31. The van der Waals surface area contributed by atoms with E-state index in [-0.39, 0.29) is 18.6 Å². The summed E-state index contributed by atoms with van der Waals surface area (Å²) in [7, 11) is 0. The summed E-state index contributed by atoms with van der Waals surface area (Å²) in [4.78, 5) is 13.2. The number of alkyl halides is 3. The molecule has 1 N–H and O–H groups in total. The Kier molecular flexibility index (Phi) is 5.40. The summed E-state index contributed by atoms with van der Waals surface area (Å²) in [6.45, 7) is 0.230. The third-order valence-corrected chi connectivity index (χ3v) is 3.05. The number of ether oxygens (including phenoxy) is 1. The van der Waals surface area contributed by atoms with Crippen LogP contribution < -0.4 is 0 Å². The first-order valence-electron chi connectivity index (χ1n) is 5.88. The molecule has 0 radical (unpaired) electrons. The summed E-state index contributed by atoms with van der Waals surface area (Å²) < 4.78 is 39.9. The Labute approximate surface area is 104 Å². The number of carbonyl (C=O) groups excluding carboxylic acids is 1. The van der Waals surface area contributed by atoms with Crippen molar-refractivity contribution in [3.05, 3.63) is 0 Å². The second kappa shape index (κ2) is 6.38. The van der Waals surface area contributed by atoms with Crippen LogP contribution in [0.1, 0.15) is 19.8 Å². The number of nitrogens with zero attached hydrogens (tertiary/aromatic N) is 1. The number of carbonyl (C=O) groups is 1. The predicted octanol–water partition coefficient (Wildman–Crippen LogP) is 1.18. The molecule has 2 unspecified atom stereocenters. The Morgan fingerprint density at radius 2 is 2.11 bits per heavy atom. The Hall–Kier alpha value is -0.820. The lowest BCUT2D eigenvalue weighted by Crippen LogP contribution is -2.47. The van der Waals surface area contributed by atoms with Gasteiger partial charge in [0.25, 0.3) is 0 Å². The van der Waals surface area contributed by atoms with E-state index >= 15 is 0 Å². The van der Waals surface area contributed by atoms with Gasteiger partial charge in [0.05, 0.1) is 0 Å². The van der Waals surface area contributed by atoms with Gasteiger partial charge in [-0.05, 0) is 25.7 Å². The van der Waals surface area contributed by atoms with Crippen molar-refractivity contribution >= 4 is 5.91 Å². The number of rotatable bonds is 4. The molecule has 106 valence electrons. The molecule has 0 aromatic rings. The zero-order valence-corrected chi connectivity index (χ0v) is 10.2. The second-order valence-corrected chi connectivity index (χ2v) is 4.63. The molecule has 1 saturated heterocycles. The van der Waals surface area contributed by atoms with Gasteiger partial charge in [0.1, 0.15) is 13.2 Å². The number of amides is 1. The lowest BCUT2D eigenvalue weighted by atomic mass is 9.94. The number of likely N-dealkylation sites (tertiary alicyclic amines) is 1. The molecule has 2 atom stereocenters. The third kappa shape index (κ3) is 4.81. The SMILES string of the molecule is CC1CCC(CO)CN1C(=O)COCC(F)(F)F. The monoisotopic (exact) mass is 269 g/mol. The van der Waals surface area contributed by atoms with Gasteiger partial charge in [0.15, 0.2) is 0 Å². The van der Waals surface area contributed by atoms with Crippen molar-refractivity contribution in [2.24, 2.45) is 5.92 Å². The Morgan fingerprint density at radius 3 is 2.67 bits per heavy atom. The van der Waals surface area contributed by atoms with Gasteiger partial charge in [-0.2, -0.15) is 13.2 Å². The standard InChI is InChI=1S/C11H18F3NO3/c1-8-2-3-9(5-16)4-15(8)10(17)6-18-7-11(12,13)14/h8-9,16H,2-7H2,1H3. The minimum Gasteiger partial charge on any atom is -0.396 e. The second-order valence-electron chi connectivity index (χ2n) is 4.63. The van der Waals surface area contributed by atoms with Gasteiger partial charge in [-0.3, -0.25) is 4.79 Å². The molecule has 1 fully saturated rings. The fourth-order valence-electron chi connectivity index (χ4n) is 2.02. The number of hydrogen-bond acceptors (Lipinski definition) is 3. The van der Waals surface area contributed by atoms with Crippen LogP contribution in [0.4, 0.5) is 13.2 Å². The molecule has 1 rings (SSSR count). The molecular weight excluding hydrogens is 251 g/mol. The maximum atomic E-state index is 11.9. The fraction of sp³-hybridized carbons (Fsp3) is 0.909. The van der Waals surface area contributed by atoms with Crippen molar-refractivity contribution in [1.82, 2.24) is 4.90 Å². The number of aliphatic hydroxyl groups is 1. The number of halogens is 3. The quantitative estimate of drug-likeness (QED) is 0.834. The van der Waals surface area contributed by atoms with Crippen LogP contribution in [0.3, 0.4) is 0 Å². The highest BCUT2D eigenvalue weighted by atomic mass is 19.4. The Bertz CT molecular complexity index is 283. The zero-order valence-electron chi connectivity index (χ0n) is 10.2. The Balaban J connectivity index is 2.39. The molecule has 0 saturated carbocycles. The minimum atomic E-state index is -4.42. The van der Waals surface area contributed by atoms with E-state index in [4.69, 9.17) is 5.11 Å². The maximum Gasteiger partial charge on any atom is 0.411 e. The molecule has 0 aliphatic carbocycles. The summed E-state index contributed by atoms with van der Waals surface area (Å²) in [5.41, 5.74) is 0. The van der Waals surface area contributed by atoms with Crippen LogP contribution in [-0.4, -0.2) is 54.5 Å². The largest absolute Gasteiger partial charge is 0.411 e. The molecule has 0 spiro atoms. The molecule has 1 amide bonds. The fourth-order valence-corrected chi connectivity index (χ4v) is 2.02. The highest BCUT2D eigenvalue weighted by molar-refractivity contribution is 5.77. The van der Waals surface area contributed by atoms with Gasteiger partial charge in [-0.1, -0.05) is 0 Å². The maximum absolute atomic E-state index is 11.9. The molecule has 1 aliphatic rings. The molecular formula is C11H18F3NO3. The van der Waals surface area contributed by atoms with Crippen LogP contribution in [0.5, 0.6) is 0 Å². The molecule has 4 nitrogen and oxygen atoms in total. The van der Waals surface area contributed by atoms with Crippen molar-refractivity contribution < 1.29 is 27.8 Å². The zero-order chi connectivity index (χ0) is 13.8. The van der Waals surface area contributed by atoms with Crippen LogP contribution in [0.15, 0.2) is 0 Å². The molecule has 0 aromatic carbocycles. The van der Waals surface area contributed by atoms with E-state index in [2.05, 4.69) is 4.74 Å². The van der Waals surface area contributed by atoms with E-state index in [1.165, 1.54) is 4.90 Å².